The molecule has 0 fully saturated rings. The molecule has 0 radical (unpaired) electrons. The van der Waals surface area contributed by atoms with Crippen LogP contribution in [-0.2, 0) is 13.1 Å². The Morgan fingerprint density at radius 3 is 3.04 bits per heavy atom. The normalized spacial score (nSPS) is 16.8. The molecule has 6 nitrogen and oxygen atoms in total. The molecule has 3 rings (SSSR count). The van der Waals surface area contributed by atoms with Crippen LogP contribution >= 0.6 is 24.0 Å². The second-order valence-electron chi connectivity index (χ2n) is 6.46. The number of imidazole rings is 1. The summed E-state index contributed by atoms with van der Waals surface area (Å²) in [6.45, 7) is 6.47. The zero-order valence-electron chi connectivity index (χ0n) is 14.7. The molecule has 1 unspecified atom stereocenters. The van der Waals surface area contributed by atoms with Crippen molar-refractivity contribution in [1.82, 2.24) is 14.9 Å². The number of ether oxygens (including phenoxy) is 1. The van der Waals surface area contributed by atoms with E-state index < -0.39 is 0 Å². The molecule has 1 aliphatic heterocycles. The molecule has 1 aliphatic rings. The van der Waals surface area contributed by atoms with Gasteiger partial charge < -0.3 is 20.4 Å². The van der Waals surface area contributed by atoms with Crippen LogP contribution in [-0.4, -0.2) is 22.1 Å². The maximum Gasteiger partial charge on any atom is 0.189 e. The molecule has 25 heavy (non-hydrogen) atoms. The monoisotopic (exact) mass is 455 g/mol. The van der Waals surface area contributed by atoms with Gasteiger partial charge in [-0.05, 0) is 12.0 Å². The van der Waals surface area contributed by atoms with E-state index >= 15 is 0 Å². The van der Waals surface area contributed by atoms with E-state index in [-0.39, 0.29) is 30.0 Å². The van der Waals surface area contributed by atoms with Crippen molar-refractivity contribution >= 4 is 29.9 Å². The summed E-state index contributed by atoms with van der Waals surface area (Å²) in [5, 5.41) is 3.31. The lowest BCUT2D eigenvalue weighted by molar-refractivity contribution is 0.262. The van der Waals surface area contributed by atoms with Gasteiger partial charge in [-0.3, -0.25) is 0 Å². The van der Waals surface area contributed by atoms with Crippen molar-refractivity contribution in [2.45, 2.75) is 39.4 Å². The summed E-state index contributed by atoms with van der Waals surface area (Å²) >= 11 is 0. The van der Waals surface area contributed by atoms with Crippen molar-refractivity contribution < 1.29 is 4.74 Å². The molecular formula is C18H26IN5O. The van der Waals surface area contributed by atoms with Gasteiger partial charge in [0, 0.05) is 30.9 Å². The fourth-order valence-corrected chi connectivity index (χ4v) is 2.92. The van der Waals surface area contributed by atoms with E-state index in [1.807, 2.05) is 30.6 Å². The lowest BCUT2D eigenvalue weighted by atomic mass is 10.0. The average molecular weight is 455 g/mol. The van der Waals surface area contributed by atoms with E-state index in [4.69, 9.17) is 10.5 Å². The number of hydrogen-bond acceptors (Lipinski definition) is 3. The van der Waals surface area contributed by atoms with E-state index in [2.05, 4.69) is 39.8 Å². The van der Waals surface area contributed by atoms with E-state index in [1.54, 1.807) is 0 Å². The number of guanidine groups is 1. The van der Waals surface area contributed by atoms with Crippen molar-refractivity contribution in [2.75, 3.05) is 6.61 Å². The summed E-state index contributed by atoms with van der Waals surface area (Å²) in [6.07, 6.45) is 4.67. The van der Waals surface area contributed by atoms with Gasteiger partial charge in [0.25, 0.3) is 0 Å². The number of halogens is 1. The first-order chi connectivity index (χ1) is 11.6. The minimum absolute atomic E-state index is 0. The molecule has 0 saturated heterocycles. The van der Waals surface area contributed by atoms with Crippen molar-refractivity contribution in [2.24, 2.45) is 16.6 Å². The topological polar surface area (TPSA) is 77.5 Å². The third-order valence-corrected chi connectivity index (χ3v) is 4.04. The number of benzene rings is 1. The Hall–Kier alpha value is -1.77. The second-order valence-corrected chi connectivity index (χ2v) is 6.46. The van der Waals surface area contributed by atoms with E-state index in [0.717, 1.165) is 30.1 Å². The van der Waals surface area contributed by atoms with Crippen LogP contribution in [0.25, 0.3) is 0 Å². The number of aromatic nitrogens is 2. The summed E-state index contributed by atoms with van der Waals surface area (Å²) in [5.41, 5.74) is 7.22. The molecule has 1 aromatic carbocycles. The third-order valence-electron chi connectivity index (χ3n) is 4.04. The Morgan fingerprint density at radius 1 is 1.44 bits per heavy atom. The number of aliphatic imine (C=N–C) groups is 1. The highest BCUT2D eigenvalue weighted by atomic mass is 127. The fourth-order valence-electron chi connectivity index (χ4n) is 2.92. The van der Waals surface area contributed by atoms with Gasteiger partial charge in [-0.2, -0.15) is 0 Å². The lowest BCUT2D eigenvalue weighted by Crippen LogP contribution is -2.37. The highest BCUT2D eigenvalue weighted by Gasteiger charge is 2.21. The number of rotatable bonds is 5. The van der Waals surface area contributed by atoms with Crippen LogP contribution in [0.5, 0.6) is 5.75 Å². The molecule has 136 valence electrons. The molecule has 0 spiro atoms. The predicted octanol–water partition coefficient (Wildman–Crippen LogP) is 3.09. The van der Waals surface area contributed by atoms with Gasteiger partial charge in [0.2, 0.25) is 0 Å². The van der Waals surface area contributed by atoms with Crippen molar-refractivity contribution in [3.8, 4) is 5.75 Å². The number of fused-ring (bicyclic) bond motifs is 1. The van der Waals surface area contributed by atoms with Gasteiger partial charge in [0.1, 0.15) is 18.1 Å². The van der Waals surface area contributed by atoms with Crippen molar-refractivity contribution in [3.63, 3.8) is 0 Å². The van der Waals surface area contributed by atoms with E-state index in [1.165, 1.54) is 0 Å². The Bertz CT molecular complexity index is 713. The predicted molar refractivity (Wildman–Crippen MR) is 110 cm³/mol. The first-order valence-electron chi connectivity index (χ1n) is 8.41. The first-order valence-corrected chi connectivity index (χ1v) is 8.41. The Kier molecular flexibility index (Phi) is 7.10. The summed E-state index contributed by atoms with van der Waals surface area (Å²) in [5.74, 6) is 2.86. The van der Waals surface area contributed by atoms with Crippen LogP contribution < -0.4 is 15.8 Å². The van der Waals surface area contributed by atoms with Gasteiger partial charge in [-0.25, -0.2) is 9.98 Å². The van der Waals surface area contributed by atoms with Gasteiger partial charge in [-0.15, -0.1) is 24.0 Å². The Balaban J connectivity index is 0.00000225. The number of hydrogen-bond donors (Lipinski definition) is 2. The third kappa shape index (κ3) is 5.10. The molecule has 1 aromatic heterocycles. The maximum absolute atomic E-state index is 6.09. The zero-order chi connectivity index (χ0) is 16.9. The standard InChI is InChI=1S/C18H25N5O.HI/c1-13(2)12-23-9-8-20-17(23)11-21-18(19)22-15-7-10-24-16-6-4-3-5-14(15)16;/h3-6,8-9,13,15H,7,10-12H2,1-2H3,(H3,19,21,22);1H. The largest absolute Gasteiger partial charge is 0.493 e. The van der Waals surface area contributed by atoms with Crippen molar-refractivity contribution in [3.05, 3.63) is 48.0 Å². The van der Waals surface area contributed by atoms with Crippen LogP contribution in [0.1, 0.15) is 37.7 Å². The highest BCUT2D eigenvalue weighted by molar-refractivity contribution is 14.0. The maximum atomic E-state index is 6.09. The molecule has 0 bridgehead atoms. The second kappa shape index (κ2) is 9.07. The molecule has 3 N–H and O–H groups in total. The molecule has 1 atom stereocenters. The Morgan fingerprint density at radius 2 is 2.24 bits per heavy atom. The van der Waals surface area contributed by atoms with Crippen LogP contribution in [0.15, 0.2) is 41.7 Å². The summed E-state index contributed by atoms with van der Waals surface area (Å²) in [4.78, 5) is 8.84. The van der Waals surface area contributed by atoms with Crippen LogP contribution in [0.2, 0.25) is 0 Å². The minimum Gasteiger partial charge on any atom is -0.493 e. The van der Waals surface area contributed by atoms with Crippen LogP contribution in [0, 0.1) is 5.92 Å². The fraction of sp³-hybridized carbons (Fsp3) is 0.444. The summed E-state index contributed by atoms with van der Waals surface area (Å²) in [7, 11) is 0. The molecule has 2 aromatic rings. The van der Waals surface area contributed by atoms with Gasteiger partial charge in [0.05, 0.1) is 12.6 Å². The summed E-state index contributed by atoms with van der Waals surface area (Å²) in [6, 6.07) is 8.17. The smallest absolute Gasteiger partial charge is 0.189 e. The van der Waals surface area contributed by atoms with Gasteiger partial charge >= 0.3 is 0 Å². The molecule has 0 aliphatic carbocycles. The lowest BCUT2D eigenvalue weighted by Gasteiger charge is -2.26. The zero-order valence-corrected chi connectivity index (χ0v) is 17.0. The van der Waals surface area contributed by atoms with Gasteiger partial charge in [-0.1, -0.05) is 32.0 Å². The molecule has 7 heteroatoms. The SMILES string of the molecule is CC(C)Cn1ccnc1CN=C(N)NC1CCOc2ccccc21.I. The Labute approximate surface area is 165 Å². The summed E-state index contributed by atoms with van der Waals surface area (Å²) < 4.78 is 7.80. The van der Waals surface area contributed by atoms with Crippen LogP contribution in [0.3, 0.4) is 0 Å². The quantitative estimate of drug-likeness (QED) is 0.413. The van der Waals surface area contributed by atoms with E-state index in [9.17, 15) is 0 Å². The molecule has 2 heterocycles. The average Bonchev–Trinajstić information content (AvgIpc) is 3.00. The molecule has 0 saturated carbocycles. The number of nitrogens with zero attached hydrogens (tertiary/aromatic N) is 3. The van der Waals surface area contributed by atoms with Crippen LogP contribution in [0.4, 0.5) is 0 Å². The first kappa shape index (κ1) is 19.6. The molecule has 0 amide bonds. The van der Waals surface area contributed by atoms with Crippen molar-refractivity contribution in [1.29, 1.82) is 0 Å². The minimum atomic E-state index is 0. The van der Waals surface area contributed by atoms with E-state index in [0.29, 0.717) is 25.0 Å². The number of nitrogens with one attached hydrogen (secondary N) is 1. The number of nitrogens with two attached hydrogens (primary N) is 1. The molecular weight excluding hydrogens is 429 g/mol. The number of para-hydroxylation sites is 1. The van der Waals surface area contributed by atoms with Gasteiger partial charge in [0.15, 0.2) is 5.96 Å². The highest BCUT2D eigenvalue weighted by Crippen LogP contribution is 2.31.